The largest absolute Gasteiger partial charge is 0.360 e. The van der Waals surface area contributed by atoms with Crippen molar-refractivity contribution in [1.29, 1.82) is 0 Å². The monoisotopic (exact) mass is 838 g/mol. The van der Waals surface area contributed by atoms with Gasteiger partial charge in [0.05, 0.1) is 12.1 Å². The van der Waals surface area contributed by atoms with E-state index in [-0.39, 0.29) is 54.0 Å². The predicted octanol–water partition coefficient (Wildman–Crippen LogP) is 4.02. The Hall–Kier alpha value is -4.31. The van der Waals surface area contributed by atoms with Gasteiger partial charge in [-0.15, -0.1) is 11.3 Å². The first-order valence-electron chi connectivity index (χ1n) is 20.1. The summed E-state index contributed by atoms with van der Waals surface area (Å²) in [5.41, 5.74) is -0.652. The number of carbonyl (C=O) groups is 6. The zero-order valence-electron chi connectivity index (χ0n) is 35.5. The quantitative estimate of drug-likeness (QED) is 0.210. The maximum Gasteiger partial charge on any atom is 0.244 e. The third-order valence-electron chi connectivity index (χ3n) is 10.4. The molecule has 2 aliphatic heterocycles. The molecule has 2 aliphatic rings. The summed E-state index contributed by atoms with van der Waals surface area (Å²) >= 11 is 2.51. The SMILES string of the molecule is CCSC(=O)C[C@H](NC(=O)[C@H](Cc1ccccc1)NC(=O)[C@@H](NC1=NCC(=O)N2CC[C@@H](C)[C@H]2C(=O)N[C@@H](C(C)C)C(=O)N[C@H]1C(C)(C)C)C(C)(C)C)c1nccs1. The molecule has 58 heavy (non-hydrogen) atoms. The molecule has 1 saturated heterocycles. The van der Waals surface area contributed by atoms with Crippen LogP contribution < -0.4 is 26.6 Å². The van der Waals surface area contributed by atoms with Crippen molar-refractivity contribution >= 4 is 63.6 Å². The van der Waals surface area contributed by atoms with Gasteiger partial charge < -0.3 is 31.5 Å². The molecule has 16 heteroatoms. The number of aliphatic imine (C=N–C) groups is 1. The Morgan fingerprint density at radius 2 is 1.67 bits per heavy atom. The molecule has 3 heterocycles. The molecule has 1 fully saturated rings. The lowest BCUT2D eigenvalue weighted by Gasteiger charge is -2.39. The lowest BCUT2D eigenvalue weighted by molar-refractivity contribution is -0.140. The van der Waals surface area contributed by atoms with Crippen LogP contribution >= 0.6 is 23.1 Å². The molecular formula is C42H62N8O6S2. The summed E-state index contributed by atoms with van der Waals surface area (Å²) in [4.78, 5) is 94.0. The van der Waals surface area contributed by atoms with Crippen LogP contribution in [0.4, 0.5) is 0 Å². The van der Waals surface area contributed by atoms with E-state index in [0.29, 0.717) is 23.7 Å². The van der Waals surface area contributed by atoms with Crippen molar-refractivity contribution < 1.29 is 28.8 Å². The van der Waals surface area contributed by atoms with Crippen LogP contribution in [0, 0.1) is 22.7 Å². The number of thioether (sulfide) groups is 1. The van der Waals surface area contributed by atoms with E-state index in [2.05, 4.69) is 31.6 Å². The highest BCUT2D eigenvalue weighted by Crippen LogP contribution is 2.28. The molecule has 4 rings (SSSR count). The van der Waals surface area contributed by atoms with Crippen molar-refractivity contribution in [3.8, 4) is 0 Å². The molecule has 0 unspecified atom stereocenters. The van der Waals surface area contributed by atoms with Crippen LogP contribution in [0.15, 0.2) is 46.9 Å². The van der Waals surface area contributed by atoms with Gasteiger partial charge in [0.25, 0.3) is 0 Å². The Morgan fingerprint density at radius 3 is 2.26 bits per heavy atom. The average Bonchev–Trinajstić information content (AvgIpc) is 3.82. The number of nitrogens with zero attached hydrogens (tertiary/aromatic N) is 3. The third-order valence-corrected chi connectivity index (χ3v) is 12.1. The molecule has 0 spiro atoms. The van der Waals surface area contributed by atoms with Crippen LogP contribution in [0.5, 0.6) is 0 Å². The van der Waals surface area contributed by atoms with Crippen LogP contribution in [0.25, 0.3) is 0 Å². The highest BCUT2D eigenvalue weighted by molar-refractivity contribution is 8.13. The zero-order valence-corrected chi connectivity index (χ0v) is 37.1. The van der Waals surface area contributed by atoms with Crippen molar-refractivity contribution in [3.05, 3.63) is 52.5 Å². The average molecular weight is 839 g/mol. The van der Waals surface area contributed by atoms with Gasteiger partial charge in [-0.3, -0.25) is 33.8 Å². The molecular weight excluding hydrogens is 777 g/mol. The molecule has 0 bridgehead atoms. The van der Waals surface area contributed by atoms with Crippen molar-refractivity contribution in [1.82, 2.24) is 36.5 Å². The predicted molar refractivity (Wildman–Crippen MR) is 229 cm³/mol. The van der Waals surface area contributed by atoms with Gasteiger partial charge in [-0.1, -0.05) is 111 Å². The van der Waals surface area contributed by atoms with Crippen LogP contribution in [0.1, 0.15) is 98.7 Å². The topological polar surface area (TPSA) is 191 Å². The number of hydrogen-bond donors (Lipinski definition) is 5. The molecule has 0 radical (unpaired) electrons. The van der Waals surface area contributed by atoms with Crippen LogP contribution in [-0.4, -0.2) is 99.4 Å². The van der Waals surface area contributed by atoms with Gasteiger partial charge >= 0.3 is 0 Å². The Bertz CT molecular complexity index is 1790. The molecule has 1 aromatic heterocycles. The van der Waals surface area contributed by atoms with E-state index >= 15 is 0 Å². The fraction of sp³-hybridized carbons (Fsp3) is 0.619. The summed E-state index contributed by atoms with van der Waals surface area (Å²) < 4.78 is 0. The number of thiazole rings is 1. The van der Waals surface area contributed by atoms with E-state index < -0.39 is 64.8 Å². The summed E-state index contributed by atoms with van der Waals surface area (Å²) in [6, 6.07) is 4.10. The van der Waals surface area contributed by atoms with Crippen molar-refractivity contribution in [2.24, 2.45) is 27.7 Å². The van der Waals surface area contributed by atoms with E-state index in [1.165, 1.54) is 23.1 Å². The molecule has 318 valence electrons. The van der Waals surface area contributed by atoms with Gasteiger partial charge in [-0.05, 0) is 40.4 Å². The molecule has 5 N–H and O–H groups in total. The molecule has 2 aromatic rings. The second kappa shape index (κ2) is 20.1. The van der Waals surface area contributed by atoms with Gasteiger partial charge in [0.15, 0.2) is 5.12 Å². The third kappa shape index (κ3) is 12.4. The highest BCUT2D eigenvalue weighted by atomic mass is 32.2. The van der Waals surface area contributed by atoms with Gasteiger partial charge in [-0.25, -0.2) is 4.98 Å². The number of nitrogens with one attached hydrogen (secondary N) is 5. The first-order chi connectivity index (χ1) is 27.2. The first kappa shape index (κ1) is 46.4. The number of amidine groups is 1. The second-order valence-corrected chi connectivity index (χ2v) is 19.9. The van der Waals surface area contributed by atoms with Crippen LogP contribution in [-0.2, 0) is 35.2 Å². The Kier molecular flexibility index (Phi) is 16.1. The molecule has 0 saturated carbocycles. The zero-order chi connectivity index (χ0) is 42.9. The van der Waals surface area contributed by atoms with Crippen molar-refractivity contribution in [2.75, 3.05) is 18.8 Å². The number of amides is 5. The molecule has 0 aliphatic carbocycles. The van der Waals surface area contributed by atoms with Gasteiger partial charge in [0.2, 0.25) is 29.5 Å². The smallest absolute Gasteiger partial charge is 0.244 e. The molecule has 14 nitrogen and oxygen atoms in total. The highest BCUT2D eigenvalue weighted by Gasteiger charge is 2.44. The van der Waals surface area contributed by atoms with Crippen LogP contribution in [0.3, 0.4) is 0 Å². The fourth-order valence-electron chi connectivity index (χ4n) is 7.19. The maximum atomic E-state index is 14.7. The number of fused-ring (bicyclic) bond motifs is 1. The summed E-state index contributed by atoms with van der Waals surface area (Å²) in [6.07, 6.45) is 2.44. The van der Waals surface area contributed by atoms with Crippen LogP contribution in [0.2, 0.25) is 0 Å². The number of carbonyl (C=O) groups excluding carboxylic acids is 6. The van der Waals surface area contributed by atoms with E-state index in [0.717, 1.165) is 5.56 Å². The van der Waals surface area contributed by atoms with E-state index in [4.69, 9.17) is 4.99 Å². The summed E-state index contributed by atoms with van der Waals surface area (Å²) in [5.74, 6) is -1.69. The summed E-state index contributed by atoms with van der Waals surface area (Å²) in [5, 5.41) is 17.7. The maximum absolute atomic E-state index is 14.7. The normalized spacial score (nSPS) is 22.3. The van der Waals surface area contributed by atoms with E-state index in [1.807, 2.05) is 99.6 Å². The summed E-state index contributed by atoms with van der Waals surface area (Å²) in [7, 11) is 0. The summed E-state index contributed by atoms with van der Waals surface area (Å²) in [6.45, 7) is 18.9. The van der Waals surface area contributed by atoms with Crippen molar-refractivity contribution in [2.45, 2.75) is 125 Å². The molecule has 5 amide bonds. The van der Waals surface area contributed by atoms with Gasteiger partial charge in [0.1, 0.15) is 41.6 Å². The lowest BCUT2D eigenvalue weighted by Crippen LogP contribution is -2.64. The number of rotatable bonds is 12. The number of aromatic nitrogens is 1. The fourth-order valence-corrected chi connectivity index (χ4v) is 8.49. The van der Waals surface area contributed by atoms with E-state index in [9.17, 15) is 28.8 Å². The second-order valence-electron chi connectivity index (χ2n) is 17.7. The molecule has 1 aromatic carbocycles. The standard InChI is InChI=1S/C42H62N8O6S2/c1-11-57-30(52)22-28(40-43-18-20-58-40)46-36(53)27(21-26-15-13-12-14-16-26)45-39(56)34(42(8,9)10)48-35-33(41(5,6)7)49-37(54)31(24(2)3)47-38(55)32-25(4)17-19-50(32)29(51)23-44-35/h12-16,18,20,24-25,27-28,31-34H,11,17,19,21-23H2,1-10H3,(H,44,48)(H,45,56)(H,46,53)(H,47,55)(H,49,54)/t25-,27+,28+,31+,32+,33-,34-/m1/s1. The Labute approximate surface area is 351 Å². The molecule has 7 atom stereocenters. The number of hydrogen-bond acceptors (Lipinski definition) is 11. The van der Waals surface area contributed by atoms with Crippen molar-refractivity contribution in [3.63, 3.8) is 0 Å². The lowest BCUT2D eigenvalue weighted by atomic mass is 9.82. The first-order valence-corrected chi connectivity index (χ1v) is 22.0. The minimum Gasteiger partial charge on any atom is -0.360 e. The van der Waals surface area contributed by atoms with Gasteiger partial charge in [0, 0.05) is 31.0 Å². The Balaban J connectivity index is 1.73. The van der Waals surface area contributed by atoms with Gasteiger partial charge in [-0.2, -0.15) is 0 Å². The van der Waals surface area contributed by atoms with E-state index in [1.54, 1.807) is 16.5 Å². The minimum absolute atomic E-state index is 0.0345. The minimum atomic E-state index is -1.06. The Morgan fingerprint density at radius 1 is 0.983 bits per heavy atom. The number of benzene rings is 1.